The van der Waals surface area contributed by atoms with Gasteiger partial charge in [0.15, 0.2) is 21.4 Å². The predicted molar refractivity (Wildman–Crippen MR) is 91.3 cm³/mol. The van der Waals surface area contributed by atoms with Crippen molar-refractivity contribution >= 4 is 27.1 Å². The van der Waals surface area contributed by atoms with Crippen LogP contribution in [0, 0.1) is 0 Å². The molecule has 24 heavy (non-hydrogen) atoms. The maximum absolute atomic E-state index is 12.5. The molecule has 0 aromatic heterocycles. The maximum atomic E-state index is 12.5. The van der Waals surface area contributed by atoms with E-state index in [-0.39, 0.29) is 28.9 Å². The molecule has 0 spiro atoms. The number of hydrogen-bond acceptors (Lipinski definition) is 5. The first-order chi connectivity index (χ1) is 11.3. The summed E-state index contributed by atoms with van der Waals surface area (Å²) in [5.41, 5.74) is 2.45. The number of rotatable bonds is 3. The highest BCUT2D eigenvalue weighted by Crippen LogP contribution is 2.34. The van der Waals surface area contributed by atoms with Gasteiger partial charge in [0.1, 0.15) is 0 Å². The third kappa shape index (κ3) is 3.10. The van der Waals surface area contributed by atoms with Crippen molar-refractivity contribution in [3.8, 4) is 0 Å². The van der Waals surface area contributed by atoms with Crippen LogP contribution >= 0.6 is 0 Å². The molecule has 1 heterocycles. The Morgan fingerprint density at radius 2 is 1.92 bits per heavy atom. The molecule has 1 aliphatic heterocycles. The number of fused-ring (bicyclic) bond motifs is 1. The minimum absolute atomic E-state index is 0.0304. The van der Waals surface area contributed by atoms with Crippen molar-refractivity contribution in [1.29, 1.82) is 0 Å². The van der Waals surface area contributed by atoms with Crippen LogP contribution in [0.2, 0.25) is 0 Å². The molecule has 0 aliphatic carbocycles. The first-order valence-electron chi connectivity index (χ1n) is 7.50. The topological polar surface area (TPSA) is 80.3 Å². The molecule has 2 aromatic carbocycles. The molecule has 1 aliphatic rings. The van der Waals surface area contributed by atoms with Crippen molar-refractivity contribution < 1.29 is 18.0 Å². The number of ketones is 2. The van der Waals surface area contributed by atoms with Crippen molar-refractivity contribution in [2.75, 3.05) is 11.6 Å². The van der Waals surface area contributed by atoms with E-state index < -0.39 is 9.84 Å². The van der Waals surface area contributed by atoms with E-state index in [0.717, 1.165) is 11.8 Å². The van der Waals surface area contributed by atoms with Gasteiger partial charge in [-0.1, -0.05) is 18.2 Å². The second-order valence-electron chi connectivity index (χ2n) is 5.99. The van der Waals surface area contributed by atoms with Crippen LogP contribution in [0.1, 0.15) is 45.7 Å². The third-order valence-electron chi connectivity index (χ3n) is 4.13. The molecule has 0 amide bonds. The summed E-state index contributed by atoms with van der Waals surface area (Å²) in [6.07, 6.45) is 1.33. The predicted octanol–water partition coefficient (Wildman–Crippen LogP) is 3.03. The van der Waals surface area contributed by atoms with Gasteiger partial charge in [0, 0.05) is 29.5 Å². The normalized spacial score (nSPS) is 17.1. The molecule has 0 fully saturated rings. The van der Waals surface area contributed by atoms with Crippen LogP contribution in [0.15, 0.2) is 47.4 Å². The van der Waals surface area contributed by atoms with Crippen LogP contribution in [0.25, 0.3) is 0 Å². The van der Waals surface area contributed by atoms with Gasteiger partial charge in [-0.25, -0.2) is 8.42 Å². The quantitative estimate of drug-likeness (QED) is 0.867. The summed E-state index contributed by atoms with van der Waals surface area (Å²) in [5, 5.41) is 3.26. The molecule has 0 bridgehead atoms. The molecule has 1 N–H and O–H groups in total. The average molecular weight is 343 g/mol. The fourth-order valence-corrected chi connectivity index (χ4v) is 3.47. The third-order valence-corrected chi connectivity index (χ3v) is 5.24. The Morgan fingerprint density at radius 1 is 1.17 bits per heavy atom. The molecule has 124 valence electrons. The Labute approximate surface area is 140 Å². The highest BCUT2D eigenvalue weighted by Gasteiger charge is 2.27. The zero-order valence-corrected chi connectivity index (χ0v) is 14.2. The SMILES string of the molecule is CC(=O)c1cccc(C2CC(=O)c3cc(S(C)(=O)=O)ccc3N2)c1. The maximum Gasteiger partial charge on any atom is 0.175 e. The fraction of sp³-hybridized carbons (Fsp3) is 0.222. The van der Waals surface area contributed by atoms with Crippen LogP contribution in [0.3, 0.4) is 0 Å². The van der Waals surface area contributed by atoms with Crippen LogP contribution in [-0.2, 0) is 9.84 Å². The van der Waals surface area contributed by atoms with E-state index in [0.29, 0.717) is 16.8 Å². The number of sulfone groups is 1. The summed E-state index contributed by atoms with van der Waals surface area (Å²) in [4.78, 5) is 24.1. The Kier molecular flexibility index (Phi) is 4.01. The number of benzene rings is 2. The molecule has 6 heteroatoms. The van der Waals surface area contributed by atoms with Gasteiger partial charge in [-0.05, 0) is 36.8 Å². The van der Waals surface area contributed by atoms with E-state index >= 15 is 0 Å². The number of carbonyl (C=O) groups excluding carboxylic acids is 2. The van der Waals surface area contributed by atoms with Gasteiger partial charge in [0.05, 0.1) is 10.9 Å². The largest absolute Gasteiger partial charge is 0.377 e. The number of hydrogen-bond donors (Lipinski definition) is 1. The summed E-state index contributed by atoms with van der Waals surface area (Å²) in [6.45, 7) is 1.50. The van der Waals surface area contributed by atoms with E-state index in [9.17, 15) is 18.0 Å². The van der Waals surface area contributed by atoms with Crippen molar-refractivity contribution in [2.45, 2.75) is 24.3 Å². The highest BCUT2D eigenvalue weighted by atomic mass is 32.2. The molecule has 5 nitrogen and oxygen atoms in total. The van der Waals surface area contributed by atoms with Crippen molar-refractivity contribution in [1.82, 2.24) is 0 Å². The van der Waals surface area contributed by atoms with E-state index in [1.165, 1.54) is 19.1 Å². The van der Waals surface area contributed by atoms with Crippen LogP contribution in [-0.4, -0.2) is 26.2 Å². The molecule has 3 rings (SSSR count). The second-order valence-corrected chi connectivity index (χ2v) is 8.00. The Balaban J connectivity index is 1.97. The molecule has 1 atom stereocenters. The lowest BCUT2D eigenvalue weighted by Crippen LogP contribution is -2.23. The number of Topliss-reactive ketones (excluding diaryl/α,β-unsaturated/α-hetero) is 2. The number of anilines is 1. The lowest BCUT2D eigenvalue weighted by Gasteiger charge is -2.27. The number of carbonyl (C=O) groups is 2. The summed E-state index contributed by atoms with van der Waals surface area (Å²) < 4.78 is 23.3. The van der Waals surface area contributed by atoms with Crippen molar-refractivity contribution in [2.24, 2.45) is 0 Å². The molecular formula is C18H17NO4S. The summed E-state index contributed by atoms with van der Waals surface area (Å²) >= 11 is 0. The lowest BCUT2D eigenvalue weighted by molar-refractivity contribution is 0.0971. The van der Waals surface area contributed by atoms with Crippen molar-refractivity contribution in [3.05, 3.63) is 59.2 Å². The molecule has 2 aromatic rings. The Morgan fingerprint density at radius 3 is 2.58 bits per heavy atom. The van der Waals surface area contributed by atoms with E-state index in [1.807, 2.05) is 6.07 Å². The number of nitrogens with one attached hydrogen (secondary N) is 1. The van der Waals surface area contributed by atoms with Crippen LogP contribution < -0.4 is 5.32 Å². The van der Waals surface area contributed by atoms with Gasteiger partial charge >= 0.3 is 0 Å². The zero-order valence-electron chi connectivity index (χ0n) is 13.4. The summed E-state index contributed by atoms with van der Waals surface area (Å²) in [5.74, 6) is -0.148. The first-order valence-corrected chi connectivity index (χ1v) is 9.39. The molecule has 0 saturated heterocycles. The van der Waals surface area contributed by atoms with Gasteiger partial charge < -0.3 is 5.32 Å². The lowest BCUT2D eigenvalue weighted by atomic mass is 9.91. The van der Waals surface area contributed by atoms with Crippen LogP contribution in [0.5, 0.6) is 0 Å². The highest BCUT2D eigenvalue weighted by molar-refractivity contribution is 7.90. The van der Waals surface area contributed by atoms with Gasteiger partial charge in [-0.3, -0.25) is 9.59 Å². The van der Waals surface area contributed by atoms with E-state index in [2.05, 4.69) is 5.32 Å². The fourth-order valence-electron chi connectivity index (χ4n) is 2.82. The molecule has 0 saturated carbocycles. The van der Waals surface area contributed by atoms with Crippen molar-refractivity contribution in [3.63, 3.8) is 0 Å². The first kappa shape index (κ1) is 16.4. The van der Waals surface area contributed by atoms with Gasteiger partial charge in [-0.2, -0.15) is 0 Å². The van der Waals surface area contributed by atoms with Gasteiger partial charge in [0.25, 0.3) is 0 Å². The van der Waals surface area contributed by atoms with E-state index in [1.54, 1.807) is 24.3 Å². The monoisotopic (exact) mass is 343 g/mol. The van der Waals surface area contributed by atoms with Gasteiger partial charge in [0.2, 0.25) is 0 Å². The minimum atomic E-state index is -3.36. The van der Waals surface area contributed by atoms with Crippen LogP contribution in [0.4, 0.5) is 5.69 Å². The van der Waals surface area contributed by atoms with E-state index in [4.69, 9.17) is 0 Å². The Bertz CT molecular complexity index is 947. The minimum Gasteiger partial charge on any atom is -0.377 e. The molecular weight excluding hydrogens is 326 g/mol. The molecule has 1 unspecified atom stereocenters. The Hall–Kier alpha value is -2.47. The second kappa shape index (κ2) is 5.87. The average Bonchev–Trinajstić information content (AvgIpc) is 2.53. The zero-order chi connectivity index (χ0) is 17.5. The smallest absolute Gasteiger partial charge is 0.175 e. The summed E-state index contributed by atoms with van der Waals surface area (Å²) in [7, 11) is -3.36. The molecule has 0 radical (unpaired) electrons. The standard InChI is InChI=1S/C18H17NO4S/c1-11(20)12-4-3-5-13(8-12)17-10-18(21)15-9-14(24(2,22)23)6-7-16(15)19-17/h3-9,17,19H,10H2,1-2H3. The summed E-state index contributed by atoms with van der Waals surface area (Å²) in [6, 6.07) is 11.5. The van der Waals surface area contributed by atoms with Gasteiger partial charge in [-0.15, -0.1) is 0 Å².